The molecule has 3 aliphatic rings. The van der Waals surface area contributed by atoms with Crippen molar-refractivity contribution >= 4 is 61.2 Å². The zero-order valence-electron chi connectivity index (χ0n) is 18.4. The molecule has 182 valence electrons. The van der Waals surface area contributed by atoms with E-state index in [-0.39, 0.29) is 33.3 Å². The maximum atomic E-state index is 12.9. The van der Waals surface area contributed by atoms with E-state index < -0.39 is 36.9 Å². The highest BCUT2D eigenvalue weighted by Gasteiger charge is 2.66. The minimum Gasteiger partial charge on any atom is -0.457 e. The molecular formula is C25H22Br2N2O6. The zero-order chi connectivity index (χ0) is 24.7. The highest BCUT2D eigenvalue weighted by atomic mass is 79.9. The Morgan fingerprint density at radius 3 is 2.06 bits per heavy atom. The van der Waals surface area contributed by atoms with Gasteiger partial charge in [0.2, 0.25) is 11.8 Å². The minimum absolute atomic E-state index is 0.0714. The fourth-order valence-electron chi connectivity index (χ4n) is 5.32. The lowest BCUT2D eigenvalue weighted by atomic mass is 9.81. The number of nitrogens with zero attached hydrogens (tertiary/aromatic N) is 1. The SMILES string of the molecule is O=C(COC(=O)CN1C(=O)[C@@H]2[C@H]3C[C@@H]([C@H](Br)[C@H]3Br)[C@H]2C1=O)Nc1ccc(Oc2ccccc2)cc1. The number of amides is 3. The lowest BCUT2D eigenvalue weighted by Crippen LogP contribution is -2.38. The third-order valence-electron chi connectivity index (χ3n) is 6.85. The van der Waals surface area contributed by atoms with Gasteiger partial charge in [-0.05, 0) is 54.7 Å². The van der Waals surface area contributed by atoms with Gasteiger partial charge in [0.05, 0.1) is 11.8 Å². The number of halogens is 2. The van der Waals surface area contributed by atoms with Crippen molar-refractivity contribution in [2.75, 3.05) is 18.5 Å². The Balaban J connectivity index is 1.10. The van der Waals surface area contributed by atoms with Crippen LogP contribution in [0.2, 0.25) is 0 Å². The Morgan fingerprint density at radius 2 is 1.46 bits per heavy atom. The molecule has 3 amide bonds. The Morgan fingerprint density at radius 1 is 0.886 bits per heavy atom. The number of para-hydroxylation sites is 1. The molecule has 10 heteroatoms. The van der Waals surface area contributed by atoms with Crippen molar-refractivity contribution in [1.29, 1.82) is 0 Å². The molecule has 5 rings (SSSR count). The fraction of sp³-hybridized carbons (Fsp3) is 0.360. The molecule has 2 aliphatic carbocycles. The normalized spacial score (nSPS) is 28.7. The van der Waals surface area contributed by atoms with Gasteiger partial charge in [-0.25, -0.2) is 0 Å². The van der Waals surface area contributed by atoms with Crippen molar-refractivity contribution in [3.05, 3.63) is 54.6 Å². The summed E-state index contributed by atoms with van der Waals surface area (Å²) in [5.41, 5.74) is 0.508. The molecule has 35 heavy (non-hydrogen) atoms. The smallest absolute Gasteiger partial charge is 0.326 e. The molecule has 1 saturated heterocycles. The molecule has 2 aromatic carbocycles. The second kappa shape index (κ2) is 9.73. The Hall–Kier alpha value is -2.72. The highest BCUT2D eigenvalue weighted by molar-refractivity contribution is 9.12. The summed E-state index contributed by atoms with van der Waals surface area (Å²) in [4.78, 5) is 51.5. The first-order valence-corrected chi connectivity index (χ1v) is 13.1. The number of alkyl halides is 2. The monoisotopic (exact) mass is 604 g/mol. The van der Waals surface area contributed by atoms with Gasteiger partial charge in [-0.1, -0.05) is 50.1 Å². The number of ether oxygens (including phenoxy) is 2. The van der Waals surface area contributed by atoms with Crippen LogP contribution in [-0.4, -0.2) is 51.4 Å². The Labute approximate surface area is 218 Å². The van der Waals surface area contributed by atoms with Gasteiger partial charge in [-0.2, -0.15) is 0 Å². The molecule has 2 bridgehead atoms. The third-order valence-corrected chi connectivity index (χ3v) is 10.1. The van der Waals surface area contributed by atoms with Crippen LogP contribution in [0.15, 0.2) is 54.6 Å². The summed E-state index contributed by atoms with van der Waals surface area (Å²) in [7, 11) is 0. The summed E-state index contributed by atoms with van der Waals surface area (Å²) < 4.78 is 10.7. The van der Waals surface area contributed by atoms with E-state index in [2.05, 4.69) is 37.2 Å². The predicted octanol–water partition coefficient (Wildman–Crippen LogP) is 3.74. The molecule has 2 aromatic rings. The van der Waals surface area contributed by atoms with E-state index >= 15 is 0 Å². The number of rotatable bonds is 7. The Bertz CT molecular complexity index is 1130. The van der Waals surface area contributed by atoms with E-state index in [0.29, 0.717) is 17.2 Å². The predicted molar refractivity (Wildman–Crippen MR) is 133 cm³/mol. The van der Waals surface area contributed by atoms with Gasteiger partial charge in [-0.15, -0.1) is 0 Å². The van der Waals surface area contributed by atoms with Gasteiger partial charge < -0.3 is 14.8 Å². The fourth-order valence-corrected chi connectivity index (χ4v) is 7.19. The van der Waals surface area contributed by atoms with E-state index in [9.17, 15) is 19.2 Å². The molecule has 1 N–H and O–H groups in total. The molecule has 2 saturated carbocycles. The molecule has 6 atom stereocenters. The second-order valence-electron chi connectivity index (χ2n) is 8.91. The number of nitrogens with one attached hydrogen (secondary N) is 1. The summed E-state index contributed by atoms with van der Waals surface area (Å²) in [6.45, 7) is -1.01. The first-order valence-electron chi connectivity index (χ1n) is 11.3. The van der Waals surface area contributed by atoms with Crippen LogP contribution in [0.3, 0.4) is 0 Å². The summed E-state index contributed by atoms with van der Waals surface area (Å²) in [5, 5.41) is 2.63. The number of fused-ring (bicyclic) bond motifs is 5. The van der Waals surface area contributed by atoms with Crippen LogP contribution < -0.4 is 10.1 Å². The summed E-state index contributed by atoms with van der Waals surface area (Å²) in [6, 6.07) is 16.0. The van der Waals surface area contributed by atoms with E-state index in [1.807, 2.05) is 30.3 Å². The average Bonchev–Trinajstić information content (AvgIpc) is 3.46. The van der Waals surface area contributed by atoms with E-state index in [4.69, 9.17) is 9.47 Å². The summed E-state index contributed by atoms with van der Waals surface area (Å²) >= 11 is 7.26. The van der Waals surface area contributed by atoms with Crippen molar-refractivity contribution < 1.29 is 28.7 Å². The van der Waals surface area contributed by atoms with Gasteiger partial charge in [-0.3, -0.25) is 24.1 Å². The van der Waals surface area contributed by atoms with Crippen molar-refractivity contribution in [2.24, 2.45) is 23.7 Å². The topological polar surface area (TPSA) is 102 Å². The molecular weight excluding hydrogens is 584 g/mol. The number of carbonyl (C=O) groups excluding carboxylic acids is 4. The van der Waals surface area contributed by atoms with Gasteiger partial charge in [0.1, 0.15) is 18.0 Å². The third kappa shape index (κ3) is 4.61. The van der Waals surface area contributed by atoms with Crippen molar-refractivity contribution in [3.63, 3.8) is 0 Å². The van der Waals surface area contributed by atoms with Gasteiger partial charge >= 0.3 is 5.97 Å². The molecule has 3 fully saturated rings. The van der Waals surface area contributed by atoms with E-state index in [1.54, 1.807) is 24.3 Å². The second-order valence-corrected chi connectivity index (χ2v) is 11.0. The van der Waals surface area contributed by atoms with Crippen LogP contribution in [-0.2, 0) is 23.9 Å². The van der Waals surface area contributed by atoms with Crippen molar-refractivity contribution in [2.45, 2.75) is 16.1 Å². The van der Waals surface area contributed by atoms with E-state index in [1.165, 1.54) is 0 Å². The molecule has 0 unspecified atom stereocenters. The average molecular weight is 606 g/mol. The molecule has 8 nitrogen and oxygen atoms in total. The van der Waals surface area contributed by atoms with Gasteiger partial charge in [0, 0.05) is 15.3 Å². The van der Waals surface area contributed by atoms with E-state index in [0.717, 1.165) is 11.3 Å². The lowest BCUT2D eigenvalue weighted by molar-refractivity contribution is -0.154. The number of hydrogen-bond acceptors (Lipinski definition) is 6. The number of carbonyl (C=O) groups is 4. The molecule has 0 aromatic heterocycles. The quantitative estimate of drug-likeness (QED) is 0.293. The first-order chi connectivity index (χ1) is 16.8. The van der Waals surface area contributed by atoms with Crippen LogP contribution in [0, 0.1) is 23.7 Å². The van der Waals surface area contributed by atoms with Crippen LogP contribution in [0.4, 0.5) is 5.69 Å². The van der Waals surface area contributed by atoms with Gasteiger partial charge in [0.15, 0.2) is 6.61 Å². The van der Waals surface area contributed by atoms with Crippen LogP contribution in [0.5, 0.6) is 11.5 Å². The standard InChI is InChI=1S/C25H22Br2N2O6/c26-22-16-10-17(23(22)27)21-20(16)24(32)29(25(21)33)11-19(31)34-12-18(30)28-13-6-8-15(9-7-13)35-14-4-2-1-3-5-14/h1-9,16-17,20-23H,10-12H2,(H,28,30)/t16-,17-,20-,21-,22+,23+/m1/s1. The maximum Gasteiger partial charge on any atom is 0.326 e. The molecule has 1 aliphatic heterocycles. The molecule has 0 spiro atoms. The van der Waals surface area contributed by atoms with Crippen molar-refractivity contribution in [3.8, 4) is 11.5 Å². The van der Waals surface area contributed by atoms with Crippen LogP contribution in [0.25, 0.3) is 0 Å². The number of esters is 1. The maximum absolute atomic E-state index is 12.9. The molecule has 1 heterocycles. The molecule has 0 radical (unpaired) electrons. The first kappa shape index (κ1) is 24.0. The Kier molecular flexibility index (Phi) is 6.67. The summed E-state index contributed by atoms with van der Waals surface area (Å²) in [5.74, 6) is -1.32. The number of imide groups is 1. The van der Waals surface area contributed by atoms with Crippen LogP contribution in [0.1, 0.15) is 6.42 Å². The lowest BCUT2D eigenvalue weighted by Gasteiger charge is -2.28. The number of hydrogen-bond donors (Lipinski definition) is 1. The summed E-state index contributed by atoms with van der Waals surface area (Å²) in [6.07, 6.45) is 0.816. The number of benzene rings is 2. The zero-order valence-corrected chi connectivity index (χ0v) is 21.6. The number of anilines is 1. The minimum atomic E-state index is -0.799. The van der Waals surface area contributed by atoms with Crippen molar-refractivity contribution in [1.82, 2.24) is 4.90 Å². The van der Waals surface area contributed by atoms with Gasteiger partial charge in [0.25, 0.3) is 5.91 Å². The highest BCUT2D eigenvalue weighted by Crippen LogP contribution is 2.60. The number of likely N-dealkylation sites (tertiary alicyclic amines) is 1. The largest absolute Gasteiger partial charge is 0.457 e. The van der Waals surface area contributed by atoms with Crippen LogP contribution >= 0.6 is 31.9 Å².